The molecule has 1 saturated carbocycles. The minimum Gasteiger partial charge on any atom is -0.387 e. The minimum atomic E-state index is -0.0434. The fraction of sp³-hybridized carbons (Fsp3) is 0.875. The molecule has 1 rings (SSSR count). The van der Waals surface area contributed by atoms with Crippen molar-refractivity contribution in [3.63, 3.8) is 0 Å². The molecule has 2 nitrogen and oxygen atoms in total. The Labute approximate surface area is 62.3 Å². The topological polar surface area (TPSA) is 49.9 Å². The number of rotatable bonds is 2. The van der Waals surface area contributed by atoms with Gasteiger partial charge in [-0.05, 0) is 18.8 Å². The van der Waals surface area contributed by atoms with Crippen molar-refractivity contribution in [1.82, 2.24) is 0 Å². The molecule has 3 N–H and O–H groups in total. The molecule has 2 heteroatoms. The van der Waals surface area contributed by atoms with E-state index in [-0.39, 0.29) is 5.41 Å². The lowest BCUT2D eigenvalue weighted by atomic mass is 9.67. The van der Waals surface area contributed by atoms with Crippen LogP contribution in [0.1, 0.15) is 33.1 Å². The molecule has 0 aliphatic heterocycles. The van der Waals surface area contributed by atoms with Crippen LogP contribution in [0.5, 0.6) is 0 Å². The van der Waals surface area contributed by atoms with Crippen molar-refractivity contribution in [2.45, 2.75) is 33.1 Å². The molecular formula is C8H16N2. The van der Waals surface area contributed by atoms with E-state index in [9.17, 15) is 0 Å². The number of amidine groups is 1. The third kappa shape index (κ3) is 1.02. The van der Waals surface area contributed by atoms with Gasteiger partial charge in [0.05, 0.1) is 5.84 Å². The van der Waals surface area contributed by atoms with Crippen LogP contribution < -0.4 is 5.73 Å². The highest BCUT2D eigenvalue weighted by Crippen LogP contribution is 2.41. The van der Waals surface area contributed by atoms with Crippen LogP contribution in [0.25, 0.3) is 0 Å². The van der Waals surface area contributed by atoms with Crippen molar-refractivity contribution >= 4 is 5.84 Å². The molecule has 0 spiro atoms. The predicted molar refractivity (Wildman–Crippen MR) is 43.0 cm³/mol. The zero-order valence-corrected chi connectivity index (χ0v) is 6.78. The van der Waals surface area contributed by atoms with Crippen molar-refractivity contribution in [2.75, 3.05) is 0 Å². The van der Waals surface area contributed by atoms with Crippen LogP contribution in [-0.2, 0) is 0 Å². The highest BCUT2D eigenvalue weighted by atomic mass is 14.7. The van der Waals surface area contributed by atoms with Crippen molar-refractivity contribution in [3.8, 4) is 0 Å². The van der Waals surface area contributed by atoms with Gasteiger partial charge in [-0.2, -0.15) is 0 Å². The quantitative estimate of drug-likeness (QED) is 0.445. The number of nitrogens with two attached hydrogens (primary N) is 1. The highest BCUT2D eigenvalue weighted by Gasteiger charge is 2.36. The lowest BCUT2D eigenvalue weighted by Crippen LogP contribution is -2.40. The van der Waals surface area contributed by atoms with Crippen molar-refractivity contribution in [1.29, 1.82) is 5.41 Å². The second kappa shape index (κ2) is 2.26. The molecule has 0 unspecified atom stereocenters. The molecule has 0 aromatic heterocycles. The van der Waals surface area contributed by atoms with E-state index in [0.29, 0.717) is 11.8 Å². The molecule has 0 amide bonds. The summed E-state index contributed by atoms with van der Waals surface area (Å²) in [5.74, 6) is 1.02. The van der Waals surface area contributed by atoms with Gasteiger partial charge >= 0.3 is 0 Å². The first-order chi connectivity index (χ1) is 4.55. The molecule has 0 heterocycles. The Hall–Kier alpha value is -0.530. The normalized spacial score (nSPS) is 20.2. The van der Waals surface area contributed by atoms with Crippen LogP contribution >= 0.6 is 0 Å². The van der Waals surface area contributed by atoms with E-state index in [4.69, 9.17) is 11.1 Å². The first kappa shape index (κ1) is 7.58. The van der Waals surface area contributed by atoms with Gasteiger partial charge in [-0.25, -0.2) is 0 Å². The van der Waals surface area contributed by atoms with E-state index in [1.165, 1.54) is 19.3 Å². The van der Waals surface area contributed by atoms with Crippen LogP contribution in [0.4, 0.5) is 0 Å². The Morgan fingerprint density at radius 3 is 2.10 bits per heavy atom. The van der Waals surface area contributed by atoms with E-state index < -0.39 is 0 Å². The lowest BCUT2D eigenvalue weighted by Gasteiger charge is -2.39. The van der Waals surface area contributed by atoms with Crippen LogP contribution in [0.2, 0.25) is 0 Å². The predicted octanol–water partition coefficient (Wildman–Crippen LogP) is 1.75. The molecule has 58 valence electrons. The van der Waals surface area contributed by atoms with Crippen LogP contribution in [-0.4, -0.2) is 5.84 Å². The standard InChI is InChI=1S/C8H16N2/c1-8(2,7(9)10)6-4-3-5-6/h6H,3-5H2,1-2H3,(H3,9,10). The molecule has 1 aliphatic carbocycles. The molecule has 0 aromatic carbocycles. The molecule has 0 saturated heterocycles. The van der Waals surface area contributed by atoms with Gasteiger partial charge in [-0.1, -0.05) is 20.3 Å². The zero-order valence-electron chi connectivity index (χ0n) is 6.78. The van der Waals surface area contributed by atoms with Gasteiger partial charge in [-0.3, -0.25) is 5.41 Å². The van der Waals surface area contributed by atoms with Gasteiger partial charge in [0.2, 0.25) is 0 Å². The van der Waals surface area contributed by atoms with Crippen molar-refractivity contribution < 1.29 is 0 Å². The molecule has 0 bridgehead atoms. The van der Waals surface area contributed by atoms with E-state index in [1.807, 2.05) is 0 Å². The first-order valence-corrected chi connectivity index (χ1v) is 3.89. The summed E-state index contributed by atoms with van der Waals surface area (Å²) in [6, 6.07) is 0. The Morgan fingerprint density at radius 2 is 2.00 bits per heavy atom. The first-order valence-electron chi connectivity index (χ1n) is 3.89. The van der Waals surface area contributed by atoms with Gasteiger partial charge in [-0.15, -0.1) is 0 Å². The van der Waals surface area contributed by atoms with Gasteiger partial charge < -0.3 is 5.73 Å². The maximum atomic E-state index is 7.34. The monoisotopic (exact) mass is 140 g/mol. The Balaban J connectivity index is 2.57. The lowest BCUT2D eigenvalue weighted by molar-refractivity contribution is 0.185. The second-order valence-electron chi connectivity index (χ2n) is 3.76. The maximum absolute atomic E-state index is 7.34. The number of hydrogen-bond donors (Lipinski definition) is 2. The summed E-state index contributed by atoms with van der Waals surface area (Å²) in [6.07, 6.45) is 3.83. The molecular weight excluding hydrogens is 124 g/mol. The molecule has 0 atom stereocenters. The summed E-state index contributed by atoms with van der Waals surface area (Å²) < 4.78 is 0. The highest BCUT2D eigenvalue weighted by molar-refractivity contribution is 5.83. The molecule has 1 aliphatic rings. The van der Waals surface area contributed by atoms with Crippen molar-refractivity contribution in [3.05, 3.63) is 0 Å². The Morgan fingerprint density at radius 1 is 1.50 bits per heavy atom. The molecule has 0 radical (unpaired) electrons. The fourth-order valence-electron chi connectivity index (χ4n) is 1.35. The summed E-state index contributed by atoms with van der Waals surface area (Å²) in [5, 5.41) is 7.34. The summed E-state index contributed by atoms with van der Waals surface area (Å²) in [4.78, 5) is 0. The van der Waals surface area contributed by atoms with E-state index in [2.05, 4.69) is 13.8 Å². The van der Waals surface area contributed by atoms with Gasteiger partial charge in [0.25, 0.3) is 0 Å². The van der Waals surface area contributed by atoms with Crippen LogP contribution in [0.3, 0.4) is 0 Å². The molecule has 10 heavy (non-hydrogen) atoms. The minimum absolute atomic E-state index is 0.0434. The number of nitrogens with one attached hydrogen (secondary N) is 1. The third-order valence-corrected chi connectivity index (χ3v) is 2.82. The number of hydrogen-bond acceptors (Lipinski definition) is 1. The fourth-order valence-corrected chi connectivity index (χ4v) is 1.35. The van der Waals surface area contributed by atoms with Crippen LogP contribution in [0.15, 0.2) is 0 Å². The smallest absolute Gasteiger partial charge is 0.0965 e. The average molecular weight is 140 g/mol. The summed E-state index contributed by atoms with van der Waals surface area (Å²) in [7, 11) is 0. The van der Waals surface area contributed by atoms with Gasteiger partial charge in [0.1, 0.15) is 0 Å². The van der Waals surface area contributed by atoms with E-state index in [1.54, 1.807) is 0 Å². The van der Waals surface area contributed by atoms with E-state index in [0.717, 1.165) is 0 Å². The van der Waals surface area contributed by atoms with Gasteiger partial charge in [0, 0.05) is 5.41 Å². The second-order valence-corrected chi connectivity index (χ2v) is 3.76. The Bertz CT molecular complexity index is 145. The SMILES string of the molecule is CC(C)(C(=N)N)C1CCC1. The summed E-state index contributed by atoms with van der Waals surface area (Å²) in [6.45, 7) is 4.14. The summed E-state index contributed by atoms with van der Waals surface area (Å²) >= 11 is 0. The van der Waals surface area contributed by atoms with E-state index >= 15 is 0 Å². The maximum Gasteiger partial charge on any atom is 0.0965 e. The zero-order chi connectivity index (χ0) is 7.78. The largest absolute Gasteiger partial charge is 0.387 e. The molecule has 1 fully saturated rings. The average Bonchev–Trinajstić information content (AvgIpc) is 1.57. The summed E-state index contributed by atoms with van der Waals surface area (Å²) in [5.41, 5.74) is 5.42. The van der Waals surface area contributed by atoms with Crippen molar-refractivity contribution in [2.24, 2.45) is 17.1 Å². The molecule has 0 aromatic rings. The van der Waals surface area contributed by atoms with Crippen LogP contribution in [0, 0.1) is 16.7 Å². The third-order valence-electron chi connectivity index (χ3n) is 2.82. The van der Waals surface area contributed by atoms with Gasteiger partial charge in [0.15, 0.2) is 0 Å². The Kier molecular flexibility index (Phi) is 1.71.